The topological polar surface area (TPSA) is 258 Å². The number of β-lactam (4-membered cyclic amide) rings is 1. The van der Waals surface area contributed by atoms with Gasteiger partial charge in [0.2, 0.25) is 16.6 Å². The molecule has 5 rings (SSSR count). The Morgan fingerprint density at radius 2 is 2.08 bits per heavy atom. The Morgan fingerprint density at radius 1 is 1.35 bits per heavy atom. The van der Waals surface area contributed by atoms with Crippen LogP contribution in [0.5, 0.6) is 5.75 Å². The molecule has 0 spiro atoms. The van der Waals surface area contributed by atoms with Crippen LogP contribution in [0.1, 0.15) is 44.9 Å². The normalized spacial score (nSPS) is 20.1. The fourth-order valence-corrected chi connectivity index (χ4v) is 6.53. The number of aryl methyl sites for hydroxylation is 3. The molecule has 0 radical (unpaired) electrons. The number of aromatic nitrogens is 3. The molecule has 2 aliphatic rings. The molecule has 2 aliphatic heterocycles. The van der Waals surface area contributed by atoms with Gasteiger partial charge in [-0.2, -0.15) is 14.0 Å². The van der Waals surface area contributed by atoms with E-state index in [9.17, 15) is 32.5 Å². The number of aliphatic carboxylic acids is 1. The third-order valence-corrected chi connectivity index (χ3v) is 9.42. The molecule has 0 unspecified atom stereocenters. The molecular formula is C29H36N8O10S2. The van der Waals surface area contributed by atoms with E-state index >= 15 is 0 Å². The van der Waals surface area contributed by atoms with Crippen molar-refractivity contribution in [3.05, 3.63) is 47.2 Å². The number of hydroxylamine groups is 2. The van der Waals surface area contributed by atoms with Crippen LogP contribution in [-0.2, 0) is 53.9 Å². The highest BCUT2D eigenvalue weighted by Gasteiger charge is 2.57. The summed E-state index contributed by atoms with van der Waals surface area (Å²) in [5, 5.41) is 18.4. The molecule has 3 aromatic rings. The molecule has 20 heteroatoms. The lowest BCUT2D eigenvalue weighted by Gasteiger charge is -2.51. The second kappa shape index (κ2) is 13.3. The first kappa shape index (κ1) is 35.7. The zero-order valence-corrected chi connectivity index (χ0v) is 28.6. The molecule has 0 aliphatic carbocycles. The predicted molar refractivity (Wildman–Crippen MR) is 171 cm³/mol. The minimum Gasteiger partial charge on any atom is -0.724 e. The van der Waals surface area contributed by atoms with E-state index in [1.165, 1.54) is 26.2 Å². The number of carbonyl (C=O) groups is 3. The van der Waals surface area contributed by atoms with Crippen molar-refractivity contribution in [2.45, 2.75) is 69.9 Å². The second-order valence-electron chi connectivity index (χ2n) is 12.3. The molecule has 0 saturated carbocycles. The number of nitrogens with one attached hydrogen (secondary N) is 1. The monoisotopic (exact) mass is 720 g/mol. The maximum atomic E-state index is 13.5. The maximum Gasteiger partial charge on any atom is 0.354 e. The van der Waals surface area contributed by atoms with Crippen molar-refractivity contribution in [2.75, 3.05) is 12.3 Å². The molecule has 0 bridgehead atoms. The number of benzene rings is 1. The van der Waals surface area contributed by atoms with Crippen LogP contribution in [-0.4, -0.2) is 86.1 Å². The number of hydrogen-bond donors (Lipinski definition) is 4. The van der Waals surface area contributed by atoms with Crippen molar-refractivity contribution >= 4 is 50.4 Å². The maximum absolute atomic E-state index is 13.5. The summed E-state index contributed by atoms with van der Waals surface area (Å²) in [4.78, 5) is 48.4. The average Bonchev–Trinajstić information content (AvgIpc) is 3.64. The number of carboxylic acid groups (broad SMARTS) is 1. The first-order valence-electron chi connectivity index (χ1n) is 15.0. The summed E-state index contributed by atoms with van der Waals surface area (Å²) in [5.41, 5.74) is 10.1. The van der Waals surface area contributed by atoms with Gasteiger partial charge in [0.15, 0.2) is 24.0 Å². The van der Waals surface area contributed by atoms with Gasteiger partial charge in [0.1, 0.15) is 17.5 Å². The van der Waals surface area contributed by atoms with Crippen molar-refractivity contribution in [2.24, 2.45) is 17.9 Å². The number of nitrogens with two attached hydrogens (primary N) is 2. The Hall–Kier alpha value is -4.63. The number of oxime groups is 1. The van der Waals surface area contributed by atoms with Gasteiger partial charge in [0, 0.05) is 5.38 Å². The van der Waals surface area contributed by atoms with Crippen LogP contribution >= 0.6 is 11.3 Å². The average molecular weight is 721 g/mol. The van der Waals surface area contributed by atoms with Gasteiger partial charge >= 0.3 is 5.97 Å². The lowest BCUT2D eigenvalue weighted by atomic mass is 9.84. The SMILES string of the molecule is C[n+]1cc(-c2ccc3c(c2)CC[C@H]([C@@](C)(O/N=C(\C(=O)N[C@@H]2C(=O)N(OS(=O)(=O)[O-])C2(C)C)c2csc(N)n2)C(=O)O)O3)cn1CCCN. The number of carbonyl (C=O) groups excluding carboxylic acids is 2. The smallest absolute Gasteiger partial charge is 0.354 e. The van der Waals surface area contributed by atoms with Gasteiger partial charge in [-0.3, -0.25) is 9.59 Å². The third kappa shape index (κ3) is 7.22. The number of thiazole rings is 1. The highest BCUT2D eigenvalue weighted by atomic mass is 32.3. The zero-order valence-electron chi connectivity index (χ0n) is 27.0. The van der Waals surface area contributed by atoms with Crippen molar-refractivity contribution in [3.8, 4) is 16.9 Å². The highest BCUT2D eigenvalue weighted by Crippen LogP contribution is 2.37. The Bertz CT molecular complexity index is 1920. The van der Waals surface area contributed by atoms with E-state index in [2.05, 4.69) is 24.4 Å². The molecule has 264 valence electrons. The van der Waals surface area contributed by atoms with Gasteiger partial charge in [-0.05, 0) is 69.8 Å². The molecule has 4 heterocycles. The largest absolute Gasteiger partial charge is 0.724 e. The number of fused-ring (bicyclic) bond motifs is 1. The van der Waals surface area contributed by atoms with Gasteiger partial charge in [-0.25, -0.2) is 18.2 Å². The molecular weight excluding hydrogens is 684 g/mol. The number of amides is 2. The van der Waals surface area contributed by atoms with Crippen LogP contribution in [0.25, 0.3) is 11.1 Å². The van der Waals surface area contributed by atoms with E-state index in [4.69, 9.17) is 21.0 Å². The van der Waals surface area contributed by atoms with E-state index < -0.39 is 57.2 Å². The van der Waals surface area contributed by atoms with Crippen LogP contribution in [0.3, 0.4) is 0 Å². The molecule has 49 heavy (non-hydrogen) atoms. The molecule has 6 N–H and O–H groups in total. The molecule has 1 aromatic carbocycles. The molecule has 2 amide bonds. The number of anilines is 1. The summed E-state index contributed by atoms with van der Waals surface area (Å²) in [6.45, 7) is 5.31. The van der Waals surface area contributed by atoms with Crippen molar-refractivity contribution < 1.29 is 51.0 Å². The number of nitrogens with zero attached hydrogens (tertiary/aromatic N) is 5. The summed E-state index contributed by atoms with van der Waals surface area (Å²) >= 11 is 0.966. The van der Waals surface area contributed by atoms with Gasteiger partial charge in [-0.15, -0.1) is 16.0 Å². The fraction of sp³-hybridized carbons (Fsp3) is 0.448. The van der Waals surface area contributed by atoms with E-state index in [0.717, 1.165) is 41.0 Å². The lowest BCUT2D eigenvalue weighted by Crippen LogP contribution is -2.76. The summed E-state index contributed by atoms with van der Waals surface area (Å²) in [6.07, 6.45) is 4.52. The molecule has 1 fully saturated rings. The highest BCUT2D eigenvalue weighted by molar-refractivity contribution is 7.80. The first-order valence-corrected chi connectivity index (χ1v) is 17.2. The number of nitrogen functional groups attached to an aromatic ring is 1. The first-order chi connectivity index (χ1) is 22.9. The third-order valence-electron chi connectivity index (χ3n) is 8.41. The minimum atomic E-state index is -5.27. The second-order valence-corrected chi connectivity index (χ2v) is 14.1. The molecule has 18 nitrogen and oxygen atoms in total. The van der Waals surface area contributed by atoms with Gasteiger partial charge < -0.3 is 36.0 Å². The minimum absolute atomic E-state index is 0.0595. The van der Waals surface area contributed by atoms with Crippen LogP contribution in [0, 0.1) is 0 Å². The Kier molecular flexibility index (Phi) is 9.72. The zero-order chi connectivity index (χ0) is 35.9. The molecule has 3 atom stereocenters. The van der Waals surface area contributed by atoms with Crippen LogP contribution in [0.2, 0.25) is 0 Å². The Labute approximate surface area is 285 Å². The van der Waals surface area contributed by atoms with Crippen LogP contribution in [0.15, 0.2) is 41.1 Å². The number of hydrogen-bond acceptors (Lipinski definition) is 14. The van der Waals surface area contributed by atoms with Crippen molar-refractivity contribution in [1.29, 1.82) is 0 Å². The fourth-order valence-electron chi connectivity index (χ4n) is 5.53. The summed E-state index contributed by atoms with van der Waals surface area (Å²) < 4.78 is 47.6. The predicted octanol–water partition coefficient (Wildman–Crippen LogP) is -0.178. The summed E-state index contributed by atoms with van der Waals surface area (Å²) in [7, 11) is -3.33. The Morgan fingerprint density at radius 3 is 2.69 bits per heavy atom. The van der Waals surface area contributed by atoms with Gasteiger partial charge in [0.05, 0.1) is 23.8 Å². The van der Waals surface area contributed by atoms with Crippen LogP contribution in [0.4, 0.5) is 5.13 Å². The number of ether oxygens (including phenoxy) is 1. The number of rotatable bonds is 13. The van der Waals surface area contributed by atoms with E-state index in [1.54, 1.807) is 6.07 Å². The van der Waals surface area contributed by atoms with E-state index in [1.807, 2.05) is 36.3 Å². The quantitative estimate of drug-likeness (QED) is 0.0447. The van der Waals surface area contributed by atoms with Crippen molar-refractivity contribution in [3.63, 3.8) is 0 Å². The summed E-state index contributed by atoms with van der Waals surface area (Å²) in [6, 6.07) is 4.27. The van der Waals surface area contributed by atoms with Gasteiger partial charge in [0.25, 0.3) is 17.4 Å². The number of carboxylic acids is 1. The Balaban J connectivity index is 1.36. The molecule has 2 aromatic heterocycles. The standard InChI is InChI=1S/C29H36N8O10S2/c1-28(2)23(25(39)37(28)47-49(42,43)44)33-24(38)22(19-15-48-27(31)32-19)34-46-29(3,26(40)41)21-9-7-17-12-16(6-8-20(17)45-21)18-13-35(4)36(14-18)11-5-10-30/h6,8,12-15,21,23H,5,7,9-11,30H2,1-4H3,(H4-,31,32,33,38,40,41,42,43,44)/b34-22-/t21-,23-,29-/m1/s1. The van der Waals surface area contributed by atoms with E-state index in [0.29, 0.717) is 23.8 Å². The van der Waals surface area contributed by atoms with Gasteiger partial charge in [-0.1, -0.05) is 11.2 Å². The van der Waals surface area contributed by atoms with Crippen molar-refractivity contribution in [1.82, 2.24) is 20.0 Å². The molecule has 1 saturated heterocycles. The van der Waals surface area contributed by atoms with Crippen LogP contribution < -0.4 is 26.2 Å². The lowest BCUT2D eigenvalue weighted by molar-refractivity contribution is -0.753. The summed E-state index contributed by atoms with van der Waals surface area (Å²) in [5.74, 6) is -3.01. The van der Waals surface area contributed by atoms with E-state index in [-0.39, 0.29) is 17.2 Å².